The van der Waals surface area contributed by atoms with Crippen molar-refractivity contribution >= 4 is 17.8 Å². The highest BCUT2D eigenvalue weighted by Gasteiger charge is 2.24. The van der Waals surface area contributed by atoms with Crippen LogP contribution in [0.5, 0.6) is 5.75 Å². The van der Waals surface area contributed by atoms with Crippen LogP contribution in [0.4, 0.5) is 14.5 Å². The minimum Gasteiger partial charge on any atom is -0.435 e. The molecule has 0 N–H and O–H groups in total. The molecule has 0 fully saturated rings. The van der Waals surface area contributed by atoms with E-state index >= 15 is 0 Å². The molecule has 0 aliphatic heterocycles. The second-order valence-corrected chi connectivity index (χ2v) is 3.22. The number of hydrogen-bond donors (Lipinski definition) is 0. The maximum absolute atomic E-state index is 12.0. The normalized spacial score (nSPS) is 10.2. The van der Waals surface area contributed by atoms with Gasteiger partial charge < -0.3 is 4.74 Å². The first-order valence-corrected chi connectivity index (χ1v) is 4.60. The summed E-state index contributed by atoms with van der Waals surface area (Å²) in [6.45, 7) is -2.16. The monoisotopic (exact) mass is 259 g/mol. The highest BCUT2D eigenvalue weighted by atomic mass is 19.3. The smallest absolute Gasteiger partial charge is 0.387 e. The van der Waals surface area contributed by atoms with E-state index in [1.54, 1.807) is 0 Å². The average Bonchev–Trinajstić information content (AvgIpc) is 2.26. The first-order chi connectivity index (χ1) is 8.36. The molecule has 6 nitrogen and oxygen atoms in total. The molecule has 96 valence electrons. The van der Waals surface area contributed by atoms with Crippen molar-refractivity contribution in [3.63, 3.8) is 0 Å². The quantitative estimate of drug-likeness (QED) is 0.350. The molecular weight excluding hydrogens is 252 g/mol. The van der Waals surface area contributed by atoms with Gasteiger partial charge in [-0.1, -0.05) is 0 Å². The summed E-state index contributed by atoms with van der Waals surface area (Å²) in [5.74, 6) is -1.27. The maximum Gasteiger partial charge on any atom is 0.387 e. The number of hydrogen-bond acceptors (Lipinski definition) is 5. The van der Waals surface area contributed by atoms with Gasteiger partial charge >= 0.3 is 6.61 Å². The van der Waals surface area contributed by atoms with Gasteiger partial charge in [-0.15, -0.1) is 0 Å². The van der Waals surface area contributed by atoms with E-state index in [0.717, 1.165) is 13.0 Å². The lowest BCUT2D eigenvalue weighted by atomic mass is 10.0. The van der Waals surface area contributed by atoms with E-state index in [0.29, 0.717) is 6.07 Å². The molecule has 18 heavy (non-hydrogen) atoms. The third-order valence-electron chi connectivity index (χ3n) is 2.02. The molecular formula is C10H7F2NO5. The zero-order valence-electron chi connectivity index (χ0n) is 9.05. The third kappa shape index (κ3) is 2.84. The molecule has 1 aromatic rings. The summed E-state index contributed by atoms with van der Waals surface area (Å²) in [5.41, 5.74) is -1.55. The van der Waals surface area contributed by atoms with Crippen LogP contribution < -0.4 is 4.74 Å². The zero-order chi connectivity index (χ0) is 13.9. The lowest BCUT2D eigenvalue weighted by Gasteiger charge is -2.08. The number of Topliss-reactive ketones (excluding diaryl/α,β-unsaturated/α-hetero) is 1. The van der Waals surface area contributed by atoms with Gasteiger partial charge in [0.2, 0.25) is 0 Å². The number of carbonyl (C=O) groups is 2. The van der Waals surface area contributed by atoms with Crippen molar-refractivity contribution in [3.8, 4) is 5.75 Å². The molecule has 1 rings (SSSR count). The number of alkyl halides is 2. The summed E-state index contributed by atoms with van der Waals surface area (Å²) in [5, 5.41) is 10.7. The number of halogens is 2. The molecule has 0 saturated heterocycles. The third-order valence-corrected chi connectivity index (χ3v) is 2.02. The van der Waals surface area contributed by atoms with E-state index < -0.39 is 34.3 Å². The Morgan fingerprint density at radius 3 is 2.50 bits per heavy atom. The van der Waals surface area contributed by atoms with E-state index in [1.807, 2.05) is 0 Å². The van der Waals surface area contributed by atoms with Crippen LogP contribution in [0.25, 0.3) is 0 Å². The second kappa shape index (κ2) is 5.30. The number of ketones is 1. The van der Waals surface area contributed by atoms with Crippen molar-refractivity contribution in [2.45, 2.75) is 13.5 Å². The fourth-order valence-corrected chi connectivity index (χ4v) is 1.41. The number of benzene rings is 1. The number of nitrogens with zero attached hydrogens (tertiary/aromatic N) is 1. The van der Waals surface area contributed by atoms with Gasteiger partial charge in [0.25, 0.3) is 5.69 Å². The largest absolute Gasteiger partial charge is 0.435 e. The molecule has 0 amide bonds. The summed E-state index contributed by atoms with van der Waals surface area (Å²) >= 11 is 0. The van der Waals surface area contributed by atoms with Gasteiger partial charge in [-0.25, -0.2) is 0 Å². The van der Waals surface area contributed by atoms with Crippen molar-refractivity contribution < 1.29 is 28.0 Å². The Bertz CT molecular complexity index is 515. The Kier molecular flexibility index (Phi) is 4.03. The van der Waals surface area contributed by atoms with Crippen LogP contribution in [-0.2, 0) is 0 Å². The van der Waals surface area contributed by atoms with E-state index in [-0.39, 0.29) is 11.8 Å². The van der Waals surface area contributed by atoms with Crippen LogP contribution in [0.2, 0.25) is 0 Å². The van der Waals surface area contributed by atoms with Crippen molar-refractivity contribution in [2.24, 2.45) is 0 Å². The topological polar surface area (TPSA) is 86.5 Å². The van der Waals surface area contributed by atoms with Crippen LogP contribution in [0.15, 0.2) is 12.1 Å². The van der Waals surface area contributed by atoms with E-state index in [9.17, 15) is 28.5 Å². The molecule has 0 saturated carbocycles. The van der Waals surface area contributed by atoms with Crippen molar-refractivity contribution in [2.75, 3.05) is 0 Å². The first-order valence-electron chi connectivity index (χ1n) is 4.60. The number of nitro groups is 1. The molecule has 0 radical (unpaired) electrons. The predicted molar refractivity (Wildman–Crippen MR) is 55.1 cm³/mol. The highest BCUT2D eigenvalue weighted by Crippen LogP contribution is 2.29. The van der Waals surface area contributed by atoms with Gasteiger partial charge in [0.05, 0.1) is 11.0 Å². The van der Waals surface area contributed by atoms with Crippen LogP contribution in [0, 0.1) is 10.1 Å². The molecule has 0 aliphatic rings. The molecule has 1 aromatic carbocycles. The van der Waals surface area contributed by atoms with Crippen LogP contribution >= 0.6 is 0 Å². The first kappa shape index (κ1) is 13.7. The summed E-state index contributed by atoms with van der Waals surface area (Å²) in [4.78, 5) is 31.7. The Labute approximate surface area is 99.3 Å². The number of carbonyl (C=O) groups excluding carboxylic acids is 2. The van der Waals surface area contributed by atoms with E-state index in [2.05, 4.69) is 4.74 Å². The van der Waals surface area contributed by atoms with Crippen LogP contribution in [0.1, 0.15) is 27.6 Å². The van der Waals surface area contributed by atoms with Gasteiger partial charge in [-0.05, 0) is 13.0 Å². The van der Waals surface area contributed by atoms with Gasteiger partial charge in [-0.3, -0.25) is 19.7 Å². The molecule has 0 atom stereocenters. The van der Waals surface area contributed by atoms with Gasteiger partial charge in [0, 0.05) is 5.56 Å². The van der Waals surface area contributed by atoms with E-state index in [1.165, 1.54) is 0 Å². The summed E-state index contributed by atoms with van der Waals surface area (Å²) in [6, 6.07) is 1.53. The molecule has 0 unspecified atom stereocenters. The molecule has 8 heteroatoms. The van der Waals surface area contributed by atoms with Crippen molar-refractivity contribution in [1.29, 1.82) is 0 Å². The summed E-state index contributed by atoms with van der Waals surface area (Å²) < 4.78 is 28.0. The Morgan fingerprint density at radius 1 is 1.50 bits per heavy atom. The van der Waals surface area contributed by atoms with Crippen molar-refractivity contribution in [1.82, 2.24) is 0 Å². The Balaban J connectivity index is 3.48. The van der Waals surface area contributed by atoms with Gasteiger partial charge in [0.15, 0.2) is 12.1 Å². The zero-order valence-corrected chi connectivity index (χ0v) is 9.05. The standard InChI is InChI=1S/C10H7F2NO5/c1-5(15)9-6(4-14)2-7(18-10(11)12)3-8(9)13(16)17/h2-4,10H,1H3. The Hall–Kier alpha value is -2.38. The maximum atomic E-state index is 12.0. The Morgan fingerprint density at radius 2 is 2.11 bits per heavy atom. The van der Waals surface area contributed by atoms with Crippen LogP contribution in [0.3, 0.4) is 0 Å². The number of ether oxygens (including phenoxy) is 1. The SMILES string of the molecule is CC(=O)c1c(C=O)cc(OC(F)F)cc1[N+](=O)[O-]. The number of nitro benzene ring substituents is 1. The fourth-order valence-electron chi connectivity index (χ4n) is 1.41. The minimum atomic E-state index is -3.19. The minimum absolute atomic E-state index is 0.169. The van der Waals surface area contributed by atoms with Crippen LogP contribution in [-0.4, -0.2) is 23.6 Å². The molecule has 0 spiro atoms. The lowest BCUT2D eigenvalue weighted by Crippen LogP contribution is -2.08. The van der Waals surface area contributed by atoms with Crippen molar-refractivity contribution in [3.05, 3.63) is 33.4 Å². The summed E-state index contributed by atoms with van der Waals surface area (Å²) in [6.07, 6.45) is 0.169. The summed E-state index contributed by atoms with van der Waals surface area (Å²) in [7, 11) is 0. The predicted octanol–water partition coefficient (Wildman–Crippen LogP) is 2.21. The molecule has 0 aromatic heterocycles. The highest BCUT2D eigenvalue weighted by molar-refractivity contribution is 6.05. The van der Waals surface area contributed by atoms with Gasteiger partial charge in [-0.2, -0.15) is 8.78 Å². The van der Waals surface area contributed by atoms with Gasteiger partial charge in [0.1, 0.15) is 11.3 Å². The molecule has 0 bridgehead atoms. The average molecular weight is 259 g/mol. The number of aldehydes is 1. The molecule has 0 heterocycles. The second-order valence-electron chi connectivity index (χ2n) is 3.22. The molecule has 0 aliphatic carbocycles. The number of rotatable bonds is 5. The van der Waals surface area contributed by atoms with E-state index in [4.69, 9.17) is 0 Å². The fraction of sp³-hybridized carbons (Fsp3) is 0.200. The lowest BCUT2D eigenvalue weighted by molar-refractivity contribution is -0.385.